The van der Waals surface area contributed by atoms with Crippen LogP contribution in [0.5, 0.6) is 11.5 Å². The second-order valence-electron chi connectivity index (χ2n) is 17.9. The predicted molar refractivity (Wildman–Crippen MR) is 277 cm³/mol. The van der Waals surface area contributed by atoms with Crippen molar-refractivity contribution < 1.29 is 4.74 Å². The molecule has 1 spiro atoms. The van der Waals surface area contributed by atoms with Gasteiger partial charge in [0.25, 0.3) is 0 Å². The third kappa shape index (κ3) is 6.18. The Labute approximate surface area is 392 Å². The van der Waals surface area contributed by atoms with Crippen LogP contribution in [0.1, 0.15) is 45.2 Å². The lowest BCUT2D eigenvalue weighted by atomic mass is 9.66. The van der Waals surface area contributed by atoms with E-state index >= 15 is 0 Å². The van der Waals surface area contributed by atoms with Crippen LogP contribution in [0.25, 0.3) is 44.2 Å². The smallest absolute Gasteiger partial charge is 0.132 e. The van der Waals surface area contributed by atoms with Gasteiger partial charge in [-0.3, -0.25) is 0 Å². The highest BCUT2D eigenvalue weighted by molar-refractivity contribution is 6.00. The molecule has 13 rings (SSSR count). The van der Waals surface area contributed by atoms with E-state index in [1.165, 1.54) is 66.4 Å². The Bertz CT molecular complexity index is 3540. The summed E-state index contributed by atoms with van der Waals surface area (Å²) in [4.78, 5) is 2.52. The number of rotatable bonds is 7. The molecule has 3 aliphatic rings. The Balaban J connectivity index is 1.05. The Morgan fingerprint density at radius 2 is 0.940 bits per heavy atom. The topological polar surface area (TPSA) is 12.5 Å². The van der Waals surface area contributed by atoms with E-state index in [0.717, 1.165) is 39.7 Å². The van der Waals surface area contributed by atoms with Crippen LogP contribution in [0.15, 0.2) is 261 Å². The van der Waals surface area contributed by atoms with E-state index in [9.17, 15) is 0 Å². The zero-order valence-corrected chi connectivity index (χ0v) is 36.8. The standard InChI is InChI=1S/C65H45NO/c1-2-20-46(21-3-1)50-23-6-7-24-51(50)52-25-8-9-26-53(52)54-27-11-15-33-60(54)66(49-41-39-45(40-42-49)48-38-37-44-19-4-5-22-47(44)43-48)61-34-18-32-59-64(61)55-28-10-12-29-56(55)65(59)57-30-13-16-35-62(57)67-63-36-17-14-31-58(63)65/h1-43,50-51H. The number of allylic oxidation sites excluding steroid dienone is 4. The molecule has 0 bridgehead atoms. The summed E-state index contributed by atoms with van der Waals surface area (Å²) >= 11 is 0. The van der Waals surface area contributed by atoms with Crippen molar-refractivity contribution in [2.24, 2.45) is 0 Å². The third-order valence-electron chi connectivity index (χ3n) is 14.4. The molecule has 2 heteroatoms. The minimum absolute atomic E-state index is 0.146. The molecule has 0 aromatic heterocycles. The number of benzene rings is 10. The number of fused-ring (bicyclic) bond motifs is 10. The van der Waals surface area contributed by atoms with Crippen molar-refractivity contribution in [3.8, 4) is 44.9 Å². The summed E-state index contributed by atoms with van der Waals surface area (Å²) in [6.45, 7) is 0. The highest BCUT2D eigenvalue weighted by Crippen LogP contribution is 2.64. The van der Waals surface area contributed by atoms with Crippen LogP contribution in [0.2, 0.25) is 0 Å². The van der Waals surface area contributed by atoms with Crippen LogP contribution in [0, 0.1) is 0 Å². The maximum atomic E-state index is 6.72. The van der Waals surface area contributed by atoms with Gasteiger partial charge in [-0.1, -0.05) is 218 Å². The first-order valence-corrected chi connectivity index (χ1v) is 23.3. The zero-order valence-electron chi connectivity index (χ0n) is 36.8. The van der Waals surface area contributed by atoms with Crippen molar-refractivity contribution in [2.75, 3.05) is 4.90 Å². The molecule has 2 nitrogen and oxygen atoms in total. The van der Waals surface area contributed by atoms with Crippen molar-refractivity contribution >= 4 is 27.8 Å². The van der Waals surface area contributed by atoms with E-state index in [1.54, 1.807) is 0 Å². The number of nitrogens with zero attached hydrogens (tertiary/aromatic N) is 1. The van der Waals surface area contributed by atoms with E-state index in [2.05, 4.69) is 266 Å². The highest BCUT2D eigenvalue weighted by Gasteiger charge is 2.52. The number of ether oxygens (including phenoxy) is 1. The third-order valence-corrected chi connectivity index (χ3v) is 14.4. The molecule has 0 amide bonds. The summed E-state index contributed by atoms with van der Waals surface area (Å²) in [6, 6.07) is 86.7. The molecule has 1 aliphatic heterocycles. The summed E-state index contributed by atoms with van der Waals surface area (Å²) in [5.74, 6) is 2.12. The summed E-state index contributed by atoms with van der Waals surface area (Å²) in [5.41, 5.74) is 17.3. The molecular formula is C65H45NO. The van der Waals surface area contributed by atoms with Gasteiger partial charge in [0.05, 0.1) is 16.8 Å². The highest BCUT2D eigenvalue weighted by atomic mass is 16.5. The van der Waals surface area contributed by atoms with Gasteiger partial charge >= 0.3 is 0 Å². The Morgan fingerprint density at radius 1 is 0.373 bits per heavy atom. The molecule has 316 valence electrons. The van der Waals surface area contributed by atoms with Crippen molar-refractivity contribution in [2.45, 2.75) is 17.3 Å². The summed E-state index contributed by atoms with van der Waals surface area (Å²) in [7, 11) is 0. The fourth-order valence-corrected chi connectivity index (χ4v) is 11.5. The Hall–Kier alpha value is -8.46. The van der Waals surface area contributed by atoms with Gasteiger partial charge in [-0.15, -0.1) is 0 Å². The van der Waals surface area contributed by atoms with Crippen LogP contribution in [-0.2, 0) is 5.41 Å². The zero-order chi connectivity index (χ0) is 44.3. The molecule has 2 unspecified atom stereocenters. The van der Waals surface area contributed by atoms with Crippen LogP contribution in [-0.4, -0.2) is 0 Å². The lowest BCUT2D eigenvalue weighted by Gasteiger charge is -2.39. The average molecular weight is 856 g/mol. The molecule has 2 aliphatic carbocycles. The van der Waals surface area contributed by atoms with Gasteiger partial charge < -0.3 is 9.64 Å². The van der Waals surface area contributed by atoms with Gasteiger partial charge in [-0.25, -0.2) is 0 Å². The van der Waals surface area contributed by atoms with E-state index in [4.69, 9.17) is 4.74 Å². The molecule has 2 atom stereocenters. The lowest BCUT2D eigenvalue weighted by molar-refractivity contribution is 0.436. The van der Waals surface area contributed by atoms with E-state index in [-0.39, 0.29) is 11.8 Å². The van der Waals surface area contributed by atoms with Crippen LogP contribution < -0.4 is 9.64 Å². The van der Waals surface area contributed by atoms with E-state index in [0.29, 0.717) is 0 Å². The first-order chi connectivity index (χ1) is 33.3. The molecule has 0 fully saturated rings. The van der Waals surface area contributed by atoms with Crippen LogP contribution in [0.4, 0.5) is 17.1 Å². The summed E-state index contributed by atoms with van der Waals surface area (Å²) < 4.78 is 6.72. The summed E-state index contributed by atoms with van der Waals surface area (Å²) in [5, 5.41) is 2.48. The van der Waals surface area contributed by atoms with Gasteiger partial charge in [0.2, 0.25) is 0 Å². The van der Waals surface area contributed by atoms with Crippen LogP contribution in [0.3, 0.4) is 0 Å². The number of hydrogen-bond donors (Lipinski definition) is 0. The molecule has 0 saturated carbocycles. The van der Waals surface area contributed by atoms with Crippen LogP contribution >= 0.6 is 0 Å². The number of para-hydroxylation sites is 3. The molecule has 0 N–H and O–H groups in total. The van der Waals surface area contributed by atoms with Gasteiger partial charge in [0.15, 0.2) is 0 Å². The van der Waals surface area contributed by atoms with Gasteiger partial charge in [-0.2, -0.15) is 0 Å². The first kappa shape index (κ1) is 39.0. The SMILES string of the molecule is C1=CC(c2ccccc2)C(c2ccccc2-c2ccccc2N(c2ccc(-c3ccc4ccccc4c3)cc2)c2cccc3c2-c2ccccc2C32c3ccccc3Oc3ccccc32)C=C1. The van der Waals surface area contributed by atoms with Crippen molar-refractivity contribution in [3.63, 3.8) is 0 Å². The Kier molecular flexibility index (Phi) is 9.25. The maximum absolute atomic E-state index is 6.72. The number of anilines is 3. The second kappa shape index (κ2) is 15.9. The quantitative estimate of drug-likeness (QED) is 0.158. The predicted octanol–water partition coefficient (Wildman–Crippen LogP) is 17.1. The molecule has 0 saturated heterocycles. The molecule has 10 aromatic carbocycles. The molecule has 10 aromatic rings. The minimum atomic E-state index is -0.599. The van der Waals surface area contributed by atoms with Gasteiger partial charge in [0.1, 0.15) is 11.5 Å². The first-order valence-electron chi connectivity index (χ1n) is 23.3. The number of hydrogen-bond acceptors (Lipinski definition) is 2. The molecular weight excluding hydrogens is 811 g/mol. The monoisotopic (exact) mass is 855 g/mol. The minimum Gasteiger partial charge on any atom is -0.457 e. The van der Waals surface area contributed by atoms with Gasteiger partial charge in [-0.05, 0) is 97.7 Å². The largest absolute Gasteiger partial charge is 0.457 e. The van der Waals surface area contributed by atoms with Crippen molar-refractivity contribution in [3.05, 3.63) is 294 Å². The molecule has 0 radical (unpaired) electrons. The Morgan fingerprint density at radius 3 is 1.72 bits per heavy atom. The average Bonchev–Trinajstić information content (AvgIpc) is 3.70. The normalized spacial score (nSPS) is 15.9. The van der Waals surface area contributed by atoms with Crippen molar-refractivity contribution in [1.29, 1.82) is 0 Å². The van der Waals surface area contributed by atoms with E-state index < -0.39 is 5.41 Å². The summed E-state index contributed by atoms with van der Waals surface area (Å²) in [6.07, 6.45) is 9.15. The van der Waals surface area contributed by atoms with E-state index in [1.807, 2.05) is 0 Å². The molecule has 1 heterocycles. The lowest BCUT2D eigenvalue weighted by Crippen LogP contribution is -2.32. The van der Waals surface area contributed by atoms with Gasteiger partial charge in [0, 0.05) is 39.8 Å². The fraction of sp³-hybridized carbons (Fsp3) is 0.0462. The van der Waals surface area contributed by atoms with Crippen molar-refractivity contribution in [1.82, 2.24) is 0 Å². The fourth-order valence-electron chi connectivity index (χ4n) is 11.5. The second-order valence-corrected chi connectivity index (χ2v) is 17.9. The molecule has 67 heavy (non-hydrogen) atoms. The maximum Gasteiger partial charge on any atom is 0.132 e.